The minimum absolute atomic E-state index is 0.00416. The maximum atomic E-state index is 13.7. The van der Waals surface area contributed by atoms with Gasteiger partial charge in [-0.05, 0) is 54.8 Å². The van der Waals surface area contributed by atoms with Gasteiger partial charge in [0, 0.05) is 18.0 Å². The number of hydrogen-bond donors (Lipinski definition) is 1. The molecule has 156 valence electrons. The normalized spacial score (nSPS) is 13.9. The molecule has 0 saturated carbocycles. The van der Waals surface area contributed by atoms with Crippen LogP contribution in [0.25, 0.3) is 5.57 Å². The molecule has 0 aliphatic carbocycles. The third kappa shape index (κ3) is 3.94. The second kappa shape index (κ2) is 8.10. The van der Waals surface area contributed by atoms with E-state index in [0.29, 0.717) is 11.3 Å². The number of imide groups is 1. The fourth-order valence-corrected chi connectivity index (χ4v) is 3.37. The Kier molecular flexibility index (Phi) is 5.33. The van der Waals surface area contributed by atoms with Crippen molar-refractivity contribution in [2.45, 2.75) is 20.4 Å². The standard InChI is InChI=1S/C24H19F2N3O2/c1-14-6-7-16(11-15(14)2)21-22(28-17-8-9-19(25)20(26)12-17)24(31)29(23(21)30)13-18-5-3-4-10-27-18/h3-12,28H,13H2,1-2H3. The van der Waals surface area contributed by atoms with Crippen LogP contribution in [0.1, 0.15) is 22.4 Å². The summed E-state index contributed by atoms with van der Waals surface area (Å²) in [5.41, 5.74) is 3.47. The van der Waals surface area contributed by atoms with E-state index in [9.17, 15) is 18.4 Å². The Bertz CT molecular complexity index is 1220. The van der Waals surface area contributed by atoms with Crippen molar-refractivity contribution in [2.24, 2.45) is 0 Å². The van der Waals surface area contributed by atoms with Crippen LogP contribution in [0.3, 0.4) is 0 Å². The average Bonchev–Trinajstić information content (AvgIpc) is 2.98. The van der Waals surface area contributed by atoms with Crippen molar-refractivity contribution < 1.29 is 18.4 Å². The number of nitrogens with one attached hydrogen (secondary N) is 1. The molecule has 0 saturated heterocycles. The van der Waals surface area contributed by atoms with Gasteiger partial charge in [0.2, 0.25) is 0 Å². The van der Waals surface area contributed by atoms with Crippen molar-refractivity contribution in [2.75, 3.05) is 5.32 Å². The number of rotatable bonds is 5. The van der Waals surface area contributed by atoms with E-state index in [1.165, 1.54) is 6.07 Å². The van der Waals surface area contributed by atoms with Crippen molar-refractivity contribution in [1.29, 1.82) is 0 Å². The largest absolute Gasteiger partial charge is 0.350 e. The lowest BCUT2D eigenvalue weighted by molar-refractivity contribution is -0.137. The Morgan fingerprint density at radius 3 is 2.39 bits per heavy atom. The molecule has 1 N–H and O–H groups in total. The Hall–Kier alpha value is -3.87. The number of nitrogens with zero attached hydrogens (tertiary/aromatic N) is 2. The number of aromatic nitrogens is 1. The minimum atomic E-state index is -1.06. The summed E-state index contributed by atoms with van der Waals surface area (Å²) in [6.07, 6.45) is 1.58. The zero-order valence-electron chi connectivity index (χ0n) is 16.9. The summed E-state index contributed by atoms with van der Waals surface area (Å²) in [5.74, 6) is -3.10. The molecule has 1 aliphatic rings. The molecule has 0 spiro atoms. The summed E-state index contributed by atoms with van der Waals surface area (Å²) in [6, 6.07) is 13.9. The molecule has 0 bridgehead atoms. The SMILES string of the molecule is Cc1ccc(C2=C(Nc3ccc(F)c(F)c3)C(=O)N(Cc3ccccn3)C2=O)cc1C. The first-order valence-electron chi connectivity index (χ1n) is 9.65. The van der Waals surface area contributed by atoms with Gasteiger partial charge in [-0.15, -0.1) is 0 Å². The number of carbonyl (C=O) groups is 2. The van der Waals surface area contributed by atoms with Crippen molar-refractivity contribution >= 4 is 23.1 Å². The molecule has 0 unspecified atom stereocenters. The number of carbonyl (C=O) groups excluding carboxylic acids is 2. The van der Waals surface area contributed by atoms with Crippen LogP contribution in [0.2, 0.25) is 0 Å². The first kappa shape index (κ1) is 20.4. The molecule has 3 aromatic rings. The molecule has 1 aromatic heterocycles. The molecule has 7 heteroatoms. The van der Waals surface area contributed by atoms with E-state index in [0.717, 1.165) is 28.2 Å². The van der Waals surface area contributed by atoms with Gasteiger partial charge in [0.15, 0.2) is 11.6 Å². The summed E-state index contributed by atoms with van der Waals surface area (Å²) in [7, 11) is 0. The minimum Gasteiger partial charge on any atom is -0.350 e. The van der Waals surface area contributed by atoms with E-state index in [1.807, 2.05) is 26.0 Å². The first-order valence-corrected chi connectivity index (χ1v) is 9.65. The summed E-state index contributed by atoms with van der Waals surface area (Å²) >= 11 is 0. The fourth-order valence-electron chi connectivity index (χ4n) is 3.37. The van der Waals surface area contributed by atoms with Gasteiger partial charge in [-0.1, -0.05) is 24.3 Å². The molecule has 0 radical (unpaired) electrons. The molecule has 1 aliphatic heterocycles. The molecule has 0 fully saturated rings. The van der Waals surface area contributed by atoms with Crippen LogP contribution in [0, 0.1) is 25.5 Å². The van der Waals surface area contributed by atoms with Crippen LogP contribution in [0.15, 0.2) is 66.5 Å². The summed E-state index contributed by atoms with van der Waals surface area (Å²) < 4.78 is 27.0. The summed E-state index contributed by atoms with van der Waals surface area (Å²) in [5, 5.41) is 2.83. The molecule has 2 aromatic carbocycles. The number of amides is 2. The van der Waals surface area contributed by atoms with E-state index in [4.69, 9.17) is 0 Å². The van der Waals surface area contributed by atoms with Gasteiger partial charge in [0.05, 0.1) is 17.8 Å². The van der Waals surface area contributed by atoms with Gasteiger partial charge < -0.3 is 5.32 Å². The topological polar surface area (TPSA) is 62.3 Å². The Balaban J connectivity index is 1.78. The average molecular weight is 419 g/mol. The van der Waals surface area contributed by atoms with Crippen LogP contribution in [0.4, 0.5) is 14.5 Å². The molecular weight excluding hydrogens is 400 g/mol. The van der Waals surface area contributed by atoms with E-state index in [-0.39, 0.29) is 23.5 Å². The Morgan fingerprint density at radius 1 is 0.903 bits per heavy atom. The van der Waals surface area contributed by atoms with E-state index >= 15 is 0 Å². The van der Waals surface area contributed by atoms with Crippen molar-refractivity contribution in [3.63, 3.8) is 0 Å². The van der Waals surface area contributed by atoms with Gasteiger partial charge in [-0.3, -0.25) is 19.5 Å². The maximum Gasteiger partial charge on any atom is 0.278 e. The molecule has 31 heavy (non-hydrogen) atoms. The Labute approximate surface area is 178 Å². The van der Waals surface area contributed by atoms with Crippen LogP contribution < -0.4 is 5.32 Å². The molecule has 2 heterocycles. The van der Waals surface area contributed by atoms with E-state index in [2.05, 4.69) is 10.3 Å². The molecule has 2 amide bonds. The van der Waals surface area contributed by atoms with Gasteiger partial charge in [0.25, 0.3) is 11.8 Å². The van der Waals surface area contributed by atoms with Crippen LogP contribution in [-0.2, 0) is 16.1 Å². The quantitative estimate of drug-likeness (QED) is 0.624. The van der Waals surface area contributed by atoms with Gasteiger partial charge in [-0.2, -0.15) is 0 Å². The zero-order valence-corrected chi connectivity index (χ0v) is 16.9. The number of hydrogen-bond acceptors (Lipinski definition) is 4. The third-order valence-corrected chi connectivity index (χ3v) is 5.20. The summed E-state index contributed by atoms with van der Waals surface area (Å²) in [4.78, 5) is 31.8. The zero-order chi connectivity index (χ0) is 22.1. The predicted molar refractivity (Wildman–Crippen MR) is 113 cm³/mol. The number of halogens is 2. The van der Waals surface area contributed by atoms with Gasteiger partial charge in [0.1, 0.15) is 5.70 Å². The van der Waals surface area contributed by atoms with Crippen LogP contribution in [0.5, 0.6) is 0 Å². The number of benzene rings is 2. The van der Waals surface area contributed by atoms with Crippen molar-refractivity contribution in [3.8, 4) is 0 Å². The van der Waals surface area contributed by atoms with Crippen molar-refractivity contribution in [1.82, 2.24) is 9.88 Å². The Morgan fingerprint density at radius 2 is 1.71 bits per heavy atom. The lowest BCUT2D eigenvalue weighted by atomic mass is 9.99. The third-order valence-electron chi connectivity index (χ3n) is 5.20. The molecular formula is C24H19F2N3O2. The lowest BCUT2D eigenvalue weighted by Gasteiger charge is -2.15. The number of aryl methyl sites for hydroxylation is 2. The smallest absolute Gasteiger partial charge is 0.278 e. The second-order valence-corrected chi connectivity index (χ2v) is 7.32. The molecule has 4 rings (SSSR count). The van der Waals surface area contributed by atoms with Crippen molar-refractivity contribution in [3.05, 3.63) is 101 Å². The second-order valence-electron chi connectivity index (χ2n) is 7.32. The summed E-state index contributed by atoms with van der Waals surface area (Å²) in [6.45, 7) is 3.85. The first-order chi connectivity index (χ1) is 14.8. The van der Waals surface area contributed by atoms with E-state index < -0.39 is 23.4 Å². The van der Waals surface area contributed by atoms with Gasteiger partial charge >= 0.3 is 0 Å². The highest BCUT2D eigenvalue weighted by Crippen LogP contribution is 2.32. The van der Waals surface area contributed by atoms with Gasteiger partial charge in [-0.25, -0.2) is 8.78 Å². The fraction of sp³-hybridized carbons (Fsp3) is 0.125. The van der Waals surface area contributed by atoms with Crippen LogP contribution >= 0.6 is 0 Å². The van der Waals surface area contributed by atoms with Crippen LogP contribution in [-0.4, -0.2) is 21.7 Å². The molecule has 5 nitrogen and oxygen atoms in total. The maximum absolute atomic E-state index is 13.7. The number of anilines is 1. The highest BCUT2D eigenvalue weighted by molar-refractivity contribution is 6.36. The molecule has 0 atom stereocenters. The monoisotopic (exact) mass is 419 g/mol. The number of pyridine rings is 1. The highest BCUT2D eigenvalue weighted by Gasteiger charge is 2.39. The highest BCUT2D eigenvalue weighted by atomic mass is 19.2. The van der Waals surface area contributed by atoms with E-state index in [1.54, 1.807) is 30.5 Å². The lowest BCUT2D eigenvalue weighted by Crippen LogP contribution is -2.32. The predicted octanol–water partition coefficient (Wildman–Crippen LogP) is 4.37.